The van der Waals surface area contributed by atoms with Gasteiger partial charge in [-0.2, -0.15) is 0 Å². The summed E-state index contributed by atoms with van der Waals surface area (Å²) in [5.41, 5.74) is -0.947. The molecule has 0 amide bonds. The summed E-state index contributed by atoms with van der Waals surface area (Å²) >= 11 is 0. The van der Waals surface area contributed by atoms with Crippen LogP contribution in [-0.2, 0) is 23.8 Å². The van der Waals surface area contributed by atoms with Crippen molar-refractivity contribution < 1.29 is 23.8 Å². The Labute approximate surface area is 154 Å². The van der Waals surface area contributed by atoms with Gasteiger partial charge in [0.25, 0.3) is 0 Å². The fraction of sp³-hybridized carbons (Fsp3) is 0.895. The van der Waals surface area contributed by atoms with E-state index < -0.39 is 18.6 Å². The fourth-order valence-corrected chi connectivity index (χ4v) is 3.85. The van der Waals surface area contributed by atoms with E-state index in [1.165, 1.54) is 45.9 Å². The molecule has 0 aromatic heterocycles. The van der Waals surface area contributed by atoms with Crippen LogP contribution < -0.4 is 0 Å². The van der Waals surface area contributed by atoms with Crippen LogP contribution in [0.2, 0.25) is 0 Å². The first kappa shape index (κ1) is 24.3. The second-order valence-corrected chi connectivity index (χ2v) is 14.0. The Morgan fingerprint density at radius 1 is 0.880 bits per heavy atom. The van der Waals surface area contributed by atoms with E-state index in [1.807, 2.05) is 0 Å². The minimum absolute atomic E-state index is 0.0217. The Bertz CT molecular complexity index is 392. The second-order valence-electron chi connectivity index (χ2n) is 8.34. The molecule has 0 bridgehead atoms. The van der Waals surface area contributed by atoms with E-state index in [0.717, 1.165) is 12.8 Å². The van der Waals surface area contributed by atoms with Crippen LogP contribution >= 0.6 is 7.26 Å². The standard InChI is InChI=1S/C19H39O5P/c1-17(20)24-16-19(2,15-22-3)18(21)23-13-11-9-7-8-10-12-14-25(4,5)6/h25H,7-16H2,1-6H3. The molecule has 150 valence electrons. The Kier molecular flexibility index (Phi) is 12.3. The van der Waals surface area contributed by atoms with E-state index in [2.05, 4.69) is 20.0 Å². The molecule has 0 aliphatic rings. The summed E-state index contributed by atoms with van der Waals surface area (Å²) in [5.74, 6) is -0.782. The van der Waals surface area contributed by atoms with Crippen LogP contribution in [0.1, 0.15) is 52.4 Å². The summed E-state index contributed by atoms with van der Waals surface area (Å²) in [6.07, 6.45) is 8.44. The SMILES string of the molecule is COCC(C)(COC(C)=O)C(=O)OCCCCCCCC[PH](C)(C)C. The summed E-state index contributed by atoms with van der Waals surface area (Å²) < 4.78 is 15.4. The van der Waals surface area contributed by atoms with Gasteiger partial charge in [0.2, 0.25) is 0 Å². The maximum absolute atomic E-state index is 12.2. The van der Waals surface area contributed by atoms with Crippen molar-refractivity contribution in [3.8, 4) is 0 Å². The molecule has 0 rings (SSSR count). The molecule has 5 nitrogen and oxygen atoms in total. The van der Waals surface area contributed by atoms with E-state index in [9.17, 15) is 9.59 Å². The van der Waals surface area contributed by atoms with Crippen LogP contribution in [0.5, 0.6) is 0 Å². The molecular weight excluding hydrogens is 339 g/mol. The topological polar surface area (TPSA) is 61.8 Å². The molecule has 0 radical (unpaired) electrons. The summed E-state index contributed by atoms with van der Waals surface area (Å²) in [4.78, 5) is 23.2. The third kappa shape index (κ3) is 13.2. The summed E-state index contributed by atoms with van der Waals surface area (Å²) in [7, 11) is 0.626. The Balaban J connectivity index is 3.87. The number of esters is 2. The monoisotopic (exact) mass is 378 g/mol. The molecule has 0 heterocycles. The molecule has 25 heavy (non-hydrogen) atoms. The van der Waals surface area contributed by atoms with Crippen LogP contribution in [-0.4, -0.2) is 65.0 Å². The average Bonchev–Trinajstić information content (AvgIpc) is 2.50. The van der Waals surface area contributed by atoms with Crippen LogP contribution in [0.15, 0.2) is 0 Å². The van der Waals surface area contributed by atoms with Crippen LogP contribution in [0, 0.1) is 5.41 Å². The molecule has 0 fully saturated rings. The van der Waals surface area contributed by atoms with Gasteiger partial charge in [0.05, 0.1) is 0 Å². The van der Waals surface area contributed by atoms with Gasteiger partial charge >= 0.3 is 126 Å². The number of hydrogen-bond donors (Lipinski definition) is 0. The van der Waals surface area contributed by atoms with E-state index in [1.54, 1.807) is 6.92 Å². The third-order valence-electron chi connectivity index (χ3n) is 4.10. The van der Waals surface area contributed by atoms with Gasteiger partial charge in [0.1, 0.15) is 0 Å². The van der Waals surface area contributed by atoms with Gasteiger partial charge in [-0.15, -0.1) is 0 Å². The van der Waals surface area contributed by atoms with E-state index in [-0.39, 0.29) is 19.2 Å². The van der Waals surface area contributed by atoms with Crippen LogP contribution in [0.25, 0.3) is 0 Å². The second kappa shape index (κ2) is 12.6. The zero-order valence-corrected chi connectivity index (χ0v) is 18.1. The summed E-state index contributed by atoms with van der Waals surface area (Å²) in [5, 5.41) is 0. The zero-order valence-electron chi connectivity index (χ0n) is 17.1. The van der Waals surface area contributed by atoms with Crippen molar-refractivity contribution in [2.75, 3.05) is 53.1 Å². The quantitative estimate of drug-likeness (QED) is 0.262. The molecular formula is C19H39O5P. The van der Waals surface area contributed by atoms with Crippen molar-refractivity contribution in [1.29, 1.82) is 0 Å². The van der Waals surface area contributed by atoms with Crippen molar-refractivity contribution >= 4 is 19.2 Å². The van der Waals surface area contributed by atoms with Crippen molar-refractivity contribution in [2.24, 2.45) is 5.41 Å². The maximum atomic E-state index is 12.2. The predicted molar refractivity (Wildman–Crippen MR) is 106 cm³/mol. The third-order valence-corrected chi connectivity index (χ3v) is 5.96. The van der Waals surface area contributed by atoms with Crippen molar-refractivity contribution in [3.63, 3.8) is 0 Å². The number of hydrogen-bond acceptors (Lipinski definition) is 5. The number of unbranched alkanes of at least 4 members (excludes halogenated alkanes) is 5. The first-order valence-corrected chi connectivity index (χ1v) is 13.1. The molecule has 6 heteroatoms. The van der Waals surface area contributed by atoms with Gasteiger partial charge in [-0.05, 0) is 0 Å². The van der Waals surface area contributed by atoms with Gasteiger partial charge < -0.3 is 9.47 Å². The fourth-order valence-electron chi connectivity index (χ4n) is 2.54. The van der Waals surface area contributed by atoms with Crippen molar-refractivity contribution in [3.05, 3.63) is 0 Å². The van der Waals surface area contributed by atoms with Crippen LogP contribution in [0.3, 0.4) is 0 Å². The number of methoxy groups -OCH3 is 1. The van der Waals surface area contributed by atoms with Gasteiger partial charge in [-0.3, -0.25) is 4.79 Å². The zero-order chi connectivity index (χ0) is 19.3. The molecule has 0 spiro atoms. The van der Waals surface area contributed by atoms with Gasteiger partial charge in [-0.25, -0.2) is 0 Å². The molecule has 0 aliphatic carbocycles. The molecule has 0 aliphatic heterocycles. The van der Waals surface area contributed by atoms with E-state index in [4.69, 9.17) is 14.2 Å². The average molecular weight is 378 g/mol. The first-order valence-electron chi connectivity index (χ1n) is 9.40. The van der Waals surface area contributed by atoms with Crippen LogP contribution in [0.4, 0.5) is 0 Å². The molecule has 0 aromatic carbocycles. The molecule has 0 aromatic rings. The molecule has 0 saturated carbocycles. The number of ether oxygens (including phenoxy) is 3. The first-order chi connectivity index (χ1) is 11.6. The van der Waals surface area contributed by atoms with E-state index >= 15 is 0 Å². The molecule has 1 atom stereocenters. The number of carbonyl (C=O) groups is 2. The molecule has 0 saturated heterocycles. The van der Waals surface area contributed by atoms with Crippen molar-refractivity contribution in [2.45, 2.75) is 52.4 Å². The summed E-state index contributed by atoms with van der Waals surface area (Å²) in [6.45, 7) is 10.8. The molecule has 0 N–H and O–H groups in total. The minimum atomic E-state index is -0.947. The Morgan fingerprint density at radius 2 is 1.44 bits per heavy atom. The number of rotatable bonds is 14. The molecule has 1 unspecified atom stereocenters. The van der Waals surface area contributed by atoms with Gasteiger partial charge in [0, 0.05) is 14.0 Å². The summed E-state index contributed by atoms with van der Waals surface area (Å²) in [6, 6.07) is 0. The Hall–Kier alpha value is -0.670. The van der Waals surface area contributed by atoms with Crippen molar-refractivity contribution in [1.82, 2.24) is 0 Å². The predicted octanol–water partition coefficient (Wildman–Crippen LogP) is 3.73. The Morgan fingerprint density at radius 3 is 1.96 bits per heavy atom. The number of carbonyl (C=O) groups excluding carboxylic acids is 2. The van der Waals surface area contributed by atoms with Gasteiger partial charge in [-0.1, -0.05) is 0 Å². The van der Waals surface area contributed by atoms with Gasteiger partial charge in [0.15, 0.2) is 0 Å². The van der Waals surface area contributed by atoms with E-state index in [0.29, 0.717) is 6.61 Å². The normalized spacial score (nSPS) is 14.6.